The van der Waals surface area contributed by atoms with Crippen LogP contribution in [0.2, 0.25) is 0 Å². The van der Waals surface area contributed by atoms with Crippen LogP contribution in [0.1, 0.15) is 38.5 Å². The molecular formula is C16H22. The lowest BCUT2D eigenvalue weighted by Gasteiger charge is -2.78. The summed E-state index contributed by atoms with van der Waals surface area (Å²) >= 11 is 0. The lowest BCUT2D eigenvalue weighted by molar-refractivity contribution is -0.313. The second-order valence-corrected chi connectivity index (χ2v) is 8.22. The van der Waals surface area contributed by atoms with E-state index in [2.05, 4.69) is 0 Å². The van der Waals surface area contributed by atoms with E-state index in [9.17, 15) is 0 Å². The molecule has 10 atom stereocenters. The van der Waals surface area contributed by atoms with Gasteiger partial charge in [-0.2, -0.15) is 0 Å². The number of fused-ring (bicyclic) bond motifs is 5. The van der Waals surface area contributed by atoms with Crippen molar-refractivity contribution < 1.29 is 0 Å². The van der Waals surface area contributed by atoms with E-state index in [1.807, 2.05) is 0 Å². The summed E-state index contributed by atoms with van der Waals surface area (Å²) < 4.78 is 0. The summed E-state index contributed by atoms with van der Waals surface area (Å²) in [5.74, 6) is 12.4. The van der Waals surface area contributed by atoms with E-state index in [-0.39, 0.29) is 0 Å². The summed E-state index contributed by atoms with van der Waals surface area (Å²) in [5, 5.41) is 0. The highest BCUT2D eigenvalue weighted by atomic mass is 14.8. The van der Waals surface area contributed by atoms with Crippen LogP contribution in [0.3, 0.4) is 0 Å². The van der Waals surface area contributed by atoms with Crippen molar-refractivity contribution in [2.45, 2.75) is 38.5 Å². The summed E-state index contributed by atoms with van der Waals surface area (Å²) in [6.45, 7) is 0. The van der Waals surface area contributed by atoms with Crippen LogP contribution in [-0.4, -0.2) is 0 Å². The van der Waals surface area contributed by atoms with Gasteiger partial charge in [-0.3, -0.25) is 0 Å². The summed E-state index contributed by atoms with van der Waals surface area (Å²) in [4.78, 5) is 0. The van der Waals surface area contributed by atoms with E-state index in [0.29, 0.717) is 0 Å². The zero-order valence-electron chi connectivity index (χ0n) is 10.0. The zero-order chi connectivity index (χ0) is 10.0. The van der Waals surface area contributed by atoms with Gasteiger partial charge in [-0.1, -0.05) is 6.42 Å². The van der Waals surface area contributed by atoms with Gasteiger partial charge in [0.15, 0.2) is 0 Å². The van der Waals surface area contributed by atoms with Crippen LogP contribution in [0.15, 0.2) is 0 Å². The van der Waals surface area contributed by atoms with Crippen molar-refractivity contribution in [3.8, 4) is 0 Å². The Morgan fingerprint density at radius 3 is 1.75 bits per heavy atom. The molecule has 0 spiro atoms. The zero-order valence-corrected chi connectivity index (χ0v) is 10.0. The Balaban J connectivity index is 1.50. The first-order chi connectivity index (χ1) is 7.92. The average Bonchev–Trinajstić information content (AvgIpc) is 2.56. The smallest absolute Gasteiger partial charge is 0.0315 e. The topological polar surface area (TPSA) is 0 Å². The van der Waals surface area contributed by atoms with Crippen molar-refractivity contribution in [3.05, 3.63) is 0 Å². The van der Waals surface area contributed by atoms with Crippen molar-refractivity contribution >= 4 is 0 Å². The Labute approximate surface area is 98.2 Å². The fourth-order valence-corrected chi connectivity index (χ4v) is 8.09. The van der Waals surface area contributed by atoms with Gasteiger partial charge in [0, 0.05) is 0 Å². The molecular weight excluding hydrogens is 192 g/mol. The maximum absolute atomic E-state index is 1.67. The third-order valence-corrected chi connectivity index (χ3v) is 8.25. The Bertz CT molecular complexity index is 339. The predicted molar refractivity (Wildman–Crippen MR) is 62.6 cm³/mol. The van der Waals surface area contributed by atoms with Crippen LogP contribution in [-0.2, 0) is 0 Å². The van der Waals surface area contributed by atoms with Gasteiger partial charge < -0.3 is 0 Å². The summed E-state index contributed by atoms with van der Waals surface area (Å²) in [5.41, 5.74) is 0. The molecule has 6 aliphatic rings. The first-order valence-corrected chi connectivity index (χ1v) is 7.92. The van der Waals surface area contributed by atoms with Crippen molar-refractivity contribution in [1.82, 2.24) is 0 Å². The van der Waals surface area contributed by atoms with Crippen molar-refractivity contribution in [2.24, 2.45) is 59.2 Å². The van der Waals surface area contributed by atoms with Gasteiger partial charge >= 0.3 is 0 Å². The van der Waals surface area contributed by atoms with Crippen LogP contribution in [0, 0.1) is 59.2 Å². The molecule has 0 N–H and O–H groups in total. The van der Waals surface area contributed by atoms with Crippen LogP contribution in [0.5, 0.6) is 0 Å². The molecule has 4 bridgehead atoms. The molecule has 0 nitrogen and oxygen atoms in total. The maximum atomic E-state index is 1.67. The first-order valence-electron chi connectivity index (χ1n) is 7.92. The van der Waals surface area contributed by atoms with Crippen molar-refractivity contribution in [1.29, 1.82) is 0 Å². The molecule has 0 aromatic rings. The van der Waals surface area contributed by atoms with E-state index in [0.717, 1.165) is 0 Å². The fourth-order valence-electron chi connectivity index (χ4n) is 8.09. The summed E-state index contributed by atoms with van der Waals surface area (Å²) in [6, 6.07) is 0. The third-order valence-electron chi connectivity index (χ3n) is 8.25. The van der Waals surface area contributed by atoms with Gasteiger partial charge in [-0.15, -0.1) is 0 Å². The molecule has 6 rings (SSSR count). The molecule has 16 heavy (non-hydrogen) atoms. The molecule has 86 valence electrons. The van der Waals surface area contributed by atoms with E-state index >= 15 is 0 Å². The van der Waals surface area contributed by atoms with Gasteiger partial charge in [0.25, 0.3) is 0 Å². The molecule has 6 aliphatic carbocycles. The van der Waals surface area contributed by atoms with Crippen LogP contribution < -0.4 is 0 Å². The molecule has 0 aromatic carbocycles. The number of hydrogen-bond donors (Lipinski definition) is 0. The molecule has 0 heteroatoms. The molecule has 0 radical (unpaired) electrons. The van der Waals surface area contributed by atoms with Gasteiger partial charge in [0.05, 0.1) is 0 Å². The highest BCUT2D eigenvalue weighted by Gasteiger charge is 2.76. The maximum Gasteiger partial charge on any atom is -0.0315 e. The second-order valence-electron chi connectivity index (χ2n) is 8.22. The van der Waals surface area contributed by atoms with Gasteiger partial charge in [-0.25, -0.2) is 0 Å². The van der Waals surface area contributed by atoms with E-state index in [4.69, 9.17) is 0 Å². The molecule has 6 fully saturated rings. The Hall–Kier alpha value is 0. The molecule has 0 aliphatic heterocycles. The molecule has 0 saturated heterocycles. The Morgan fingerprint density at radius 2 is 1.00 bits per heavy atom. The fraction of sp³-hybridized carbons (Fsp3) is 1.00. The Kier molecular flexibility index (Phi) is 1.16. The quantitative estimate of drug-likeness (QED) is 0.578. The minimum absolute atomic E-state index is 1.17. The van der Waals surface area contributed by atoms with Crippen LogP contribution >= 0.6 is 0 Å². The molecule has 0 heterocycles. The number of rotatable bonds is 0. The third kappa shape index (κ3) is 0.636. The number of hydrogen-bond acceptors (Lipinski definition) is 0. The van der Waals surface area contributed by atoms with E-state index < -0.39 is 0 Å². The highest BCUT2D eigenvalue weighted by Crippen LogP contribution is 2.81. The highest BCUT2D eigenvalue weighted by molar-refractivity contribution is 5.24. The lowest BCUT2D eigenvalue weighted by Crippen LogP contribution is -2.74. The van der Waals surface area contributed by atoms with Crippen LogP contribution in [0.25, 0.3) is 0 Å². The summed E-state index contributed by atoms with van der Waals surface area (Å²) in [7, 11) is 0. The predicted octanol–water partition coefficient (Wildman–Crippen LogP) is 3.57. The molecule has 10 unspecified atom stereocenters. The molecule has 6 saturated carbocycles. The first kappa shape index (κ1) is 8.16. The largest absolute Gasteiger partial charge is 0.0501 e. The molecule has 0 amide bonds. The average molecular weight is 214 g/mol. The van der Waals surface area contributed by atoms with Gasteiger partial charge in [0.1, 0.15) is 0 Å². The van der Waals surface area contributed by atoms with E-state index in [1.165, 1.54) is 59.2 Å². The van der Waals surface area contributed by atoms with Crippen LogP contribution in [0.4, 0.5) is 0 Å². The minimum atomic E-state index is 1.17. The van der Waals surface area contributed by atoms with Crippen molar-refractivity contribution in [3.63, 3.8) is 0 Å². The second kappa shape index (κ2) is 2.27. The van der Waals surface area contributed by atoms with Gasteiger partial charge in [0.2, 0.25) is 0 Å². The normalized spacial score (nSPS) is 76.5. The minimum Gasteiger partial charge on any atom is -0.0501 e. The summed E-state index contributed by atoms with van der Waals surface area (Å²) in [6.07, 6.45) is 9.92. The standard InChI is InChI=1S/C16H22/c1-2-9-10-4-7(1)3-8-5-11-12(6-8)16-14(10)13(9)15(11)16/h7-16H,1-6H2. The Morgan fingerprint density at radius 1 is 0.438 bits per heavy atom. The van der Waals surface area contributed by atoms with Crippen molar-refractivity contribution in [2.75, 3.05) is 0 Å². The van der Waals surface area contributed by atoms with Gasteiger partial charge in [-0.05, 0) is 91.3 Å². The lowest BCUT2D eigenvalue weighted by atomic mass is 9.26. The van der Waals surface area contributed by atoms with E-state index in [1.54, 1.807) is 38.5 Å². The molecule has 0 aromatic heterocycles. The SMILES string of the molecule is C1CC2C3CC1CC1CC4C(C1)C1C3C2C41. The monoisotopic (exact) mass is 214 g/mol.